The molecule has 4 rings (SSSR count). The molecule has 1 aromatic carbocycles. The zero-order valence-corrected chi connectivity index (χ0v) is 12.6. The van der Waals surface area contributed by atoms with Crippen LogP contribution in [-0.4, -0.2) is 23.5 Å². The summed E-state index contributed by atoms with van der Waals surface area (Å²) in [7, 11) is 0. The van der Waals surface area contributed by atoms with Crippen molar-refractivity contribution in [3.05, 3.63) is 48.4 Å². The molecule has 23 heavy (non-hydrogen) atoms. The first-order valence-electron chi connectivity index (χ1n) is 7.73. The van der Waals surface area contributed by atoms with Gasteiger partial charge in [-0.2, -0.15) is 4.98 Å². The van der Waals surface area contributed by atoms with E-state index in [2.05, 4.69) is 10.3 Å². The van der Waals surface area contributed by atoms with Crippen molar-refractivity contribution >= 4 is 23.0 Å². The van der Waals surface area contributed by atoms with Gasteiger partial charge in [-0.3, -0.25) is 4.79 Å². The second kappa shape index (κ2) is 5.79. The van der Waals surface area contributed by atoms with E-state index in [-0.39, 0.29) is 11.9 Å². The number of nitrogens with one attached hydrogen (secondary N) is 1. The van der Waals surface area contributed by atoms with Gasteiger partial charge in [-0.05, 0) is 37.1 Å². The van der Waals surface area contributed by atoms with E-state index in [0.29, 0.717) is 12.6 Å². The summed E-state index contributed by atoms with van der Waals surface area (Å²) in [6, 6.07) is 11.5. The molecule has 1 amide bonds. The van der Waals surface area contributed by atoms with E-state index >= 15 is 0 Å². The molecular formula is C17H17N3O3. The smallest absolute Gasteiger partial charge is 0.299 e. The quantitative estimate of drug-likeness (QED) is 0.802. The molecule has 0 bridgehead atoms. The van der Waals surface area contributed by atoms with Crippen LogP contribution in [0.4, 0.5) is 6.01 Å². The topological polar surface area (TPSA) is 71.5 Å². The molecule has 1 N–H and O–H groups in total. The number of fused-ring (bicyclic) bond motifs is 1. The van der Waals surface area contributed by atoms with Gasteiger partial charge in [0.25, 0.3) is 6.01 Å². The highest BCUT2D eigenvalue weighted by Crippen LogP contribution is 2.28. The van der Waals surface area contributed by atoms with Crippen LogP contribution >= 0.6 is 0 Å². The molecule has 0 radical (unpaired) electrons. The summed E-state index contributed by atoms with van der Waals surface area (Å²) < 4.78 is 11.0. The van der Waals surface area contributed by atoms with E-state index in [0.717, 1.165) is 36.2 Å². The lowest BCUT2D eigenvalue weighted by Crippen LogP contribution is -2.43. The summed E-state index contributed by atoms with van der Waals surface area (Å²) in [6.45, 7) is 1.16. The number of rotatable bonds is 4. The highest BCUT2D eigenvalue weighted by atomic mass is 16.4. The van der Waals surface area contributed by atoms with E-state index in [9.17, 15) is 4.79 Å². The maximum Gasteiger partial charge on any atom is 0.299 e. The number of aromatic nitrogens is 1. The molecule has 6 heteroatoms. The Morgan fingerprint density at radius 3 is 3.04 bits per heavy atom. The zero-order valence-electron chi connectivity index (χ0n) is 12.6. The van der Waals surface area contributed by atoms with Crippen molar-refractivity contribution in [2.45, 2.75) is 25.4 Å². The summed E-state index contributed by atoms with van der Waals surface area (Å²) in [5, 5.41) is 2.92. The van der Waals surface area contributed by atoms with Gasteiger partial charge in [0, 0.05) is 6.54 Å². The average molecular weight is 311 g/mol. The number of carbonyl (C=O) groups excluding carboxylic acids is 1. The van der Waals surface area contributed by atoms with Gasteiger partial charge in [-0.1, -0.05) is 12.1 Å². The molecule has 1 atom stereocenters. The SMILES string of the molecule is O=C(NCc1ccco1)C1CCCN1c1nc2ccccc2o1. The molecule has 6 nitrogen and oxygen atoms in total. The highest BCUT2D eigenvalue weighted by molar-refractivity contribution is 5.85. The maximum atomic E-state index is 12.5. The van der Waals surface area contributed by atoms with Crippen LogP contribution in [0.2, 0.25) is 0 Å². The fraction of sp³-hybridized carbons (Fsp3) is 0.294. The second-order valence-electron chi connectivity index (χ2n) is 5.61. The Balaban J connectivity index is 1.50. The van der Waals surface area contributed by atoms with Crippen LogP contribution in [0.5, 0.6) is 0 Å². The Morgan fingerprint density at radius 2 is 2.22 bits per heavy atom. The molecular weight excluding hydrogens is 294 g/mol. The highest BCUT2D eigenvalue weighted by Gasteiger charge is 2.33. The second-order valence-corrected chi connectivity index (χ2v) is 5.61. The number of benzene rings is 1. The van der Waals surface area contributed by atoms with Crippen LogP contribution in [-0.2, 0) is 11.3 Å². The lowest BCUT2D eigenvalue weighted by molar-refractivity contribution is -0.122. The van der Waals surface area contributed by atoms with Gasteiger partial charge in [-0.15, -0.1) is 0 Å². The molecule has 2 aromatic heterocycles. The number of hydrogen-bond acceptors (Lipinski definition) is 5. The number of oxazole rings is 1. The monoisotopic (exact) mass is 311 g/mol. The lowest BCUT2D eigenvalue weighted by Gasteiger charge is -2.21. The van der Waals surface area contributed by atoms with Crippen LogP contribution in [0.15, 0.2) is 51.5 Å². The third-order valence-electron chi connectivity index (χ3n) is 4.10. The predicted octanol–water partition coefficient (Wildman–Crippen LogP) is 2.71. The van der Waals surface area contributed by atoms with Gasteiger partial charge < -0.3 is 19.1 Å². The van der Waals surface area contributed by atoms with Crippen molar-refractivity contribution in [2.75, 3.05) is 11.4 Å². The summed E-state index contributed by atoms with van der Waals surface area (Å²) in [6.07, 6.45) is 3.34. The Kier molecular flexibility index (Phi) is 3.49. The molecule has 0 spiro atoms. The van der Waals surface area contributed by atoms with Crippen LogP contribution < -0.4 is 10.2 Å². The van der Waals surface area contributed by atoms with Crippen LogP contribution in [0, 0.1) is 0 Å². The number of para-hydroxylation sites is 2. The average Bonchev–Trinajstić information content (AvgIpc) is 3.31. The van der Waals surface area contributed by atoms with Gasteiger partial charge in [-0.25, -0.2) is 0 Å². The first-order valence-corrected chi connectivity index (χ1v) is 7.73. The van der Waals surface area contributed by atoms with E-state index in [1.807, 2.05) is 41.3 Å². The van der Waals surface area contributed by atoms with E-state index in [4.69, 9.17) is 8.83 Å². The molecule has 1 aliphatic rings. The van der Waals surface area contributed by atoms with E-state index in [1.165, 1.54) is 0 Å². The van der Waals surface area contributed by atoms with Gasteiger partial charge in [0.15, 0.2) is 5.58 Å². The Hall–Kier alpha value is -2.76. The third kappa shape index (κ3) is 2.67. The van der Waals surface area contributed by atoms with Gasteiger partial charge in [0.1, 0.15) is 17.3 Å². The van der Waals surface area contributed by atoms with Crippen molar-refractivity contribution in [2.24, 2.45) is 0 Å². The number of hydrogen-bond donors (Lipinski definition) is 1. The van der Waals surface area contributed by atoms with Crippen LogP contribution in [0.25, 0.3) is 11.1 Å². The Bertz CT molecular complexity index is 776. The molecule has 3 heterocycles. The van der Waals surface area contributed by atoms with E-state index in [1.54, 1.807) is 6.26 Å². The minimum atomic E-state index is -0.252. The number of amides is 1. The largest absolute Gasteiger partial charge is 0.467 e. The number of nitrogens with zero attached hydrogens (tertiary/aromatic N) is 2. The van der Waals surface area contributed by atoms with Gasteiger partial charge in [0.2, 0.25) is 5.91 Å². The van der Waals surface area contributed by atoms with Crippen molar-refractivity contribution < 1.29 is 13.6 Å². The summed E-state index contributed by atoms with van der Waals surface area (Å²) in [4.78, 5) is 18.9. The number of anilines is 1. The number of furan rings is 1. The molecule has 1 fully saturated rings. The third-order valence-corrected chi connectivity index (χ3v) is 4.10. The van der Waals surface area contributed by atoms with Gasteiger partial charge >= 0.3 is 0 Å². The van der Waals surface area contributed by atoms with Gasteiger partial charge in [0.05, 0.1) is 12.8 Å². The van der Waals surface area contributed by atoms with Crippen molar-refractivity contribution in [3.8, 4) is 0 Å². The summed E-state index contributed by atoms with van der Waals surface area (Å²) in [5.41, 5.74) is 1.55. The van der Waals surface area contributed by atoms with Crippen LogP contribution in [0.3, 0.4) is 0 Å². The fourth-order valence-corrected chi connectivity index (χ4v) is 2.96. The van der Waals surface area contributed by atoms with E-state index < -0.39 is 0 Å². The molecule has 3 aromatic rings. The lowest BCUT2D eigenvalue weighted by atomic mass is 10.2. The molecule has 1 unspecified atom stereocenters. The summed E-state index contributed by atoms with van der Waals surface area (Å²) >= 11 is 0. The summed E-state index contributed by atoms with van der Waals surface area (Å²) in [5.74, 6) is 0.714. The number of carbonyl (C=O) groups is 1. The molecule has 1 saturated heterocycles. The normalized spacial score (nSPS) is 17.7. The van der Waals surface area contributed by atoms with Crippen molar-refractivity contribution in [3.63, 3.8) is 0 Å². The molecule has 0 saturated carbocycles. The maximum absolute atomic E-state index is 12.5. The minimum Gasteiger partial charge on any atom is -0.467 e. The van der Waals surface area contributed by atoms with Crippen LogP contribution in [0.1, 0.15) is 18.6 Å². The van der Waals surface area contributed by atoms with Crippen molar-refractivity contribution in [1.82, 2.24) is 10.3 Å². The Labute approximate surface area is 133 Å². The Morgan fingerprint density at radius 1 is 1.30 bits per heavy atom. The molecule has 1 aliphatic heterocycles. The zero-order chi connectivity index (χ0) is 15.6. The predicted molar refractivity (Wildman–Crippen MR) is 84.9 cm³/mol. The fourth-order valence-electron chi connectivity index (χ4n) is 2.96. The minimum absolute atomic E-state index is 0.0267. The van der Waals surface area contributed by atoms with Crippen molar-refractivity contribution in [1.29, 1.82) is 0 Å². The molecule has 118 valence electrons. The molecule has 0 aliphatic carbocycles. The standard InChI is InChI=1S/C17H17N3O3/c21-16(18-11-12-5-4-10-22-12)14-7-3-9-20(14)17-19-13-6-1-2-8-15(13)23-17/h1-2,4-6,8,10,14H,3,7,9,11H2,(H,18,21). The first-order chi connectivity index (χ1) is 11.3. The first kappa shape index (κ1) is 13.9.